The molecular formula is C12H14FN4O8P. The second-order valence-corrected chi connectivity index (χ2v) is 6.59. The van der Waals surface area contributed by atoms with Gasteiger partial charge in [-0.15, -0.1) is 0 Å². The molecule has 5 N–H and O–H groups in total. The van der Waals surface area contributed by atoms with E-state index in [0.29, 0.717) is 0 Å². The molecule has 0 amide bonds. The van der Waals surface area contributed by atoms with E-state index >= 15 is 0 Å². The third-order valence-corrected chi connectivity index (χ3v) is 4.14. The fourth-order valence-electron chi connectivity index (χ4n) is 2.50. The van der Waals surface area contributed by atoms with Crippen LogP contribution in [0.2, 0.25) is 0 Å². The van der Waals surface area contributed by atoms with Crippen molar-refractivity contribution in [1.82, 2.24) is 19.5 Å². The lowest BCUT2D eigenvalue weighted by molar-refractivity contribution is -0.0504. The largest absolute Gasteiger partial charge is 0.492 e. The number of aliphatic hydroxyl groups excluding tert-OH is 2. The lowest BCUT2D eigenvalue weighted by atomic mass is 10.1. The third kappa shape index (κ3) is 3.59. The number of phosphoric acid groups is 1. The zero-order chi connectivity index (χ0) is 19.1. The number of aliphatic hydroxyl groups is 2. The minimum Gasteiger partial charge on any atom is -0.492 e. The van der Waals surface area contributed by atoms with Crippen LogP contribution in [0.1, 0.15) is 12.1 Å². The lowest BCUT2D eigenvalue weighted by Crippen LogP contribution is -2.33. The van der Waals surface area contributed by atoms with E-state index in [9.17, 15) is 24.3 Å². The van der Waals surface area contributed by atoms with E-state index in [4.69, 9.17) is 14.5 Å². The van der Waals surface area contributed by atoms with E-state index in [2.05, 4.69) is 19.5 Å². The number of hydrogen-bond donors (Lipinski definition) is 5. The van der Waals surface area contributed by atoms with Gasteiger partial charge in [-0.2, -0.15) is 4.98 Å². The Labute approximate surface area is 144 Å². The minimum atomic E-state index is -4.79. The van der Waals surface area contributed by atoms with Gasteiger partial charge in [-0.3, -0.25) is 9.09 Å². The summed E-state index contributed by atoms with van der Waals surface area (Å²) in [6.07, 6.45) is -3.35. The first-order valence-corrected chi connectivity index (χ1v) is 8.66. The standard InChI is InChI=1S/C12H14FN4O8P/c13-2-1-6-15-10-7(11(20)16-6)14-4-17(10)12-9(19)8(18)5(25-12)3-24-26(21,22)23/h1-2,4-5,8-9,12,18-19H,3H2,(H,15,16,20)(H2,21,22,23)/t5-,8-,9-,12-/m1/s1. The zero-order valence-corrected chi connectivity index (χ0v) is 13.7. The Morgan fingerprint density at radius 3 is 2.73 bits per heavy atom. The van der Waals surface area contributed by atoms with Crippen molar-refractivity contribution in [1.29, 1.82) is 0 Å². The molecule has 1 saturated heterocycles. The molecular weight excluding hydrogens is 378 g/mol. The van der Waals surface area contributed by atoms with Gasteiger partial charge in [0.2, 0.25) is 5.88 Å². The molecule has 12 nitrogen and oxygen atoms in total. The normalized spacial score (nSPS) is 27.0. The maximum atomic E-state index is 12.3. The SMILES string of the molecule is O=P(O)(O)OC[C@H]1O[C@@H](n2cnc3c(O)nc(C=CF)nc32)[C@H](O)[C@@H]1O. The molecule has 3 rings (SSSR count). The highest BCUT2D eigenvalue weighted by Gasteiger charge is 2.45. The monoisotopic (exact) mass is 392 g/mol. The van der Waals surface area contributed by atoms with E-state index in [1.54, 1.807) is 0 Å². The summed E-state index contributed by atoms with van der Waals surface area (Å²) < 4.78 is 34.0. The maximum Gasteiger partial charge on any atom is 0.469 e. The topological polar surface area (TPSA) is 180 Å². The fraction of sp³-hybridized carbons (Fsp3) is 0.417. The number of halogens is 1. The van der Waals surface area contributed by atoms with Crippen molar-refractivity contribution in [3.05, 3.63) is 18.5 Å². The van der Waals surface area contributed by atoms with E-state index in [0.717, 1.165) is 17.0 Å². The van der Waals surface area contributed by atoms with Crippen LogP contribution in [0.3, 0.4) is 0 Å². The highest BCUT2D eigenvalue weighted by molar-refractivity contribution is 7.46. The average molecular weight is 392 g/mol. The van der Waals surface area contributed by atoms with Gasteiger partial charge in [0.05, 0.1) is 19.3 Å². The van der Waals surface area contributed by atoms with Gasteiger partial charge in [0.1, 0.15) is 18.3 Å². The molecule has 26 heavy (non-hydrogen) atoms. The number of rotatable bonds is 5. The van der Waals surface area contributed by atoms with Gasteiger partial charge in [0.15, 0.2) is 23.2 Å². The van der Waals surface area contributed by atoms with E-state index in [1.807, 2.05) is 0 Å². The number of fused-ring (bicyclic) bond motifs is 1. The van der Waals surface area contributed by atoms with Gasteiger partial charge in [0.25, 0.3) is 0 Å². The van der Waals surface area contributed by atoms with Crippen LogP contribution in [0, 0.1) is 0 Å². The first-order chi connectivity index (χ1) is 12.2. The van der Waals surface area contributed by atoms with Crippen molar-refractivity contribution in [3.63, 3.8) is 0 Å². The summed E-state index contributed by atoms with van der Waals surface area (Å²) in [5.41, 5.74) is -0.0698. The van der Waals surface area contributed by atoms with Crippen molar-refractivity contribution in [3.8, 4) is 5.88 Å². The van der Waals surface area contributed by atoms with Crippen LogP contribution in [0.15, 0.2) is 12.7 Å². The Morgan fingerprint density at radius 2 is 2.08 bits per heavy atom. The number of aromatic nitrogens is 4. The molecule has 1 fully saturated rings. The van der Waals surface area contributed by atoms with Crippen molar-refractivity contribution in [2.24, 2.45) is 0 Å². The van der Waals surface area contributed by atoms with Crippen LogP contribution in [0.25, 0.3) is 17.2 Å². The van der Waals surface area contributed by atoms with Crippen molar-refractivity contribution in [2.45, 2.75) is 24.5 Å². The minimum absolute atomic E-state index is 0.0154. The second-order valence-electron chi connectivity index (χ2n) is 5.35. The summed E-state index contributed by atoms with van der Waals surface area (Å²) in [5, 5.41) is 30.0. The summed E-state index contributed by atoms with van der Waals surface area (Å²) >= 11 is 0. The van der Waals surface area contributed by atoms with Gasteiger partial charge in [-0.25, -0.2) is 18.9 Å². The fourth-order valence-corrected chi connectivity index (χ4v) is 2.84. The number of aromatic hydroxyl groups is 1. The Balaban J connectivity index is 1.92. The van der Waals surface area contributed by atoms with E-state index < -0.39 is 44.8 Å². The first kappa shape index (κ1) is 18.8. The molecule has 0 saturated carbocycles. The molecule has 1 aliphatic heterocycles. The van der Waals surface area contributed by atoms with Crippen LogP contribution < -0.4 is 0 Å². The number of ether oxygens (including phenoxy) is 1. The van der Waals surface area contributed by atoms with Gasteiger partial charge in [-0.1, -0.05) is 0 Å². The molecule has 4 atom stereocenters. The molecule has 2 aromatic rings. The highest BCUT2D eigenvalue weighted by atomic mass is 31.2. The number of nitrogens with zero attached hydrogens (tertiary/aromatic N) is 4. The molecule has 0 radical (unpaired) electrons. The molecule has 14 heteroatoms. The molecule has 0 aromatic carbocycles. The predicted octanol–water partition coefficient (Wildman–Crippen LogP) is -0.799. The summed E-state index contributed by atoms with van der Waals surface area (Å²) in [7, 11) is -4.79. The average Bonchev–Trinajstić information content (AvgIpc) is 3.08. The zero-order valence-electron chi connectivity index (χ0n) is 12.8. The van der Waals surface area contributed by atoms with Crippen LogP contribution >= 0.6 is 7.82 Å². The molecule has 0 bridgehead atoms. The van der Waals surface area contributed by atoms with Crippen molar-refractivity contribution in [2.75, 3.05) is 6.61 Å². The maximum absolute atomic E-state index is 12.3. The van der Waals surface area contributed by atoms with Crippen molar-refractivity contribution < 1.29 is 43.3 Å². The Hall–Kier alpha value is -1.99. The van der Waals surface area contributed by atoms with Gasteiger partial charge in [-0.05, 0) is 0 Å². The molecule has 2 aromatic heterocycles. The molecule has 1 aliphatic rings. The summed E-state index contributed by atoms with van der Waals surface area (Å²) in [5.74, 6) is -0.704. The molecule has 0 unspecified atom stereocenters. The number of hydrogen-bond acceptors (Lipinski definition) is 9. The predicted molar refractivity (Wildman–Crippen MR) is 81.0 cm³/mol. The molecule has 142 valence electrons. The summed E-state index contributed by atoms with van der Waals surface area (Å²) in [6, 6.07) is 0. The van der Waals surface area contributed by atoms with Crippen LogP contribution in [-0.4, -0.2) is 69.5 Å². The highest BCUT2D eigenvalue weighted by Crippen LogP contribution is 2.39. The number of phosphoric ester groups is 1. The Bertz CT molecular complexity index is 885. The summed E-state index contributed by atoms with van der Waals surface area (Å²) in [4.78, 5) is 28.9. The van der Waals surface area contributed by atoms with Crippen LogP contribution in [0.5, 0.6) is 5.88 Å². The van der Waals surface area contributed by atoms with E-state index in [-0.39, 0.29) is 23.3 Å². The smallest absolute Gasteiger partial charge is 0.469 e. The Morgan fingerprint density at radius 1 is 1.35 bits per heavy atom. The quantitative estimate of drug-likeness (QED) is 0.402. The number of imidazole rings is 1. The third-order valence-electron chi connectivity index (χ3n) is 3.65. The van der Waals surface area contributed by atoms with E-state index in [1.165, 1.54) is 0 Å². The molecule has 0 spiro atoms. The van der Waals surface area contributed by atoms with Gasteiger partial charge >= 0.3 is 7.82 Å². The Kier molecular flexibility index (Phi) is 5.03. The first-order valence-electron chi connectivity index (χ1n) is 7.13. The van der Waals surface area contributed by atoms with Gasteiger partial charge < -0.3 is 29.8 Å². The van der Waals surface area contributed by atoms with Gasteiger partial charge in [0, 0.05) is 6.08 Å². The van der Waals surface area contributed by atoms with Crippen LogP contribution in [-0.2, 0) is 13.8 Å². The lowest BCUT2D eigenvalue weighted by Gasteiger charge is -2.16. The second kappa shape index (κ2) is 6.96. The summed E-state index contributed by atoms with van der Waals surface area (Å²) in [6.45, 7) is -0.679. The molecule has 0 aliphatic carbocycles. The molecule has 3 heterocycles. The van der Waals surface area contributed by atoms with Crippen molar-refractivity contribution >= 4 is 25.1 Å². The van der Waals surface area contributed by atoms with Crippen LogP contribution in [0.4, 0.5) is 4.39 Å².